The second-order valence-electron chi connectivity index (χ2n) is 6.99. The molecule has 1 fully saturated rings. The summed E-state index contributed by atoms with van der Waals surface area (Å²) < 4.78 is 42.8. The lowest BCUT2D eigenvalue weighted by atomic mass is 10.0. The van der Waals surface area contributed by atoms with Crippen molar-refractivity contribution in [3.63, 3.8) is 0 Å². The molecule has 1 N–H and O–H groups in total. The van der Waals surface area contributed by atoms with Gasteiger partial charge in [-0.05, 0) is 24.8 Å². The van der Waals surface area contributed by atoms with Crippen LogP contribution in [0.2, 0.25) is 0 Å². The number of hydrogen-bond donors (Lipinski definition) is 1. The molecule has 1 atom stereocenters. The first-order valence-corrected chi connectivity index (χ1v) is 9.61. The Morgan fingerprint density at radius 2 is 1.86 bits per heavy atom. The molecule has 28 heavy (non-hydrogen) atoms. The first-order valence-electron chi connectivity index (χ1n) is 9.61. The van der Waals surface area contributed by atoms with Crippen LogP contribution in [0.5, 0.6) is 0 Å². The number of nitrogens with one attached hydrogen (secondary N) is 1. The summed E-state index contributed by atoms with van der Waals surface area (Å²) in [5.74, 6) is -0.478. The Labute approximate surface area is 163 Å². The first kappa shape index (κ1) is 22.2. The second-order valence-corrected chi connectivity index (χ2v) is 6.99. The van der Waals surface area contributed by atoms with E-state index in [0.29, 0.717) is 37.9 Å². The molecule has 8 heteroatoms. The van der Waals surface area contributed by atoms with Crippen molar-refractivity contribution in [2.45, 2.75) is 57.3 Å². The van der Waals surface area contributed by atoms with Gasteiger partial charge in [0.1, 0.15) is 6.61 Å². The van der Waals surface area contributed by atoms with E-state index in [1.54, 1.807) is 30.3 Å². The van der Waals surface area contributed by atoms with Crippen molar-refractivity contribution in [3.8, 4) is 0 Å². The maximum Gasteiger partial charge on any atom is 0.411 e. The molecule has 1 aromatic carbocycles. The molecule has 1 heterocycles. The molecule has 0 bridgehead atoms. The van der Waals surface area contributed by atoms with Crippen LogP contribution in [0.4, 0.5) is 13.2 Å². The van der Waals surface area contributed by atoms with Crippen LogP contribution in [-0.4, -0.2) is 48.6 Å². The van der Waals surface area contributed by atoms with Gasteiger partial charge in [0.25, 0.3) is 5.91 Å². The average molecular weight is 400 g/mol. The van der Waals surface area contributed by atoms with Crippen LogP contribution in [0.15, 0.2) is 30.3 Å². The smallest absolute Gasteiger partial charge is 0.354 e. The fourth-order valence-electron chi connectivity index (χ4n) is 3.16. The number of carbonyl (C=O) groups excluding carboxylic acids is 2. The number of ether oxygens (including phenoxy) is 1. The standard InChI is InChI=1S/C20H27F3N2O3/c1-2-3-9-17(26)24-16-10-12-25(13-11-16)19(27)18(28-14-20(21,22)23)15-7-5-4-6-8-15/h4-8,16,18H,2-3,9-14H2,1H3,(H,24,26)/t18-/m1/s1. The van der Waals surface area contributed by atoms with E-state index < -0.39 is 24.8 Å². The van der Waals surface area contributed by atoms with Crippen molar-refractivity contribution in [3.05, 3.63) is 35.9 Å². The number of nitrogens with zero attached hydrogens (tertiary/aromatic N) is 1. The second kappa shape index (κ2) is 10.5. The zero-order valence-electron chi connectivity index (χ0n) is 16.0. The Kier molecular flexibility index (Phi) is 8.29. The summed E-state index contributed by atoms with van der Waals surface area (Å²) in [7, 11) is 0. The van der Waals surface area contributed by atoms with Gasteiger partial charge in [-0.3, -0.25) is 9.59 Å². The SMILES string of the molecule is CCCCC(=O)NC1CCN(C(=O)[C@H](OCC(F)(F)F)c2ccccc2)CC1. The number of carbonyl (C=O) groups is 2. The van der Waals surface area contributed by atoms with Crippen molar-refractivity contribution in [2.75, 3.05) is 19.7 Å². The van der Waals surface area contributed by atoms with Gasteiger partial charge < -0.3 is 15.0 Å². The Bertz CT molecular complexity index is 629. The van der Waals surface area contributed by atoms with Gasteiger partial charge in [0.05, 0.1) is 0 Å². The highest BCUT2D eigenvalue weighted by Crippen LogP contribution is 2.26. The minimum atomic E-state index is -4.51. The molecule has 0 spiro atoms. The van der Waals surface area contributed by atoms with E-state index in [-0.39, 0.29) is 11.9 Å². The van der Waals surface area contributed by atoms with Gasteiger partial charge in [0.15, 0.2) is 6.10 Å². The highest BCUT2D eigenvalue weighted by Gasteiger charge is 2.35. The van der Waals surface area contributed by atoms with Crippen LogP contribution >= 0.6 is 0 Å². The average Bonchev–Trinajstić information content (AvgIpc) is 2.67. The molecule has 0 unspecified atom stereocenters. The zero-order valence-corrected chi connectivity index (χ0v) is 16.0. The summed E-state index contributed by atoms with van der Waals surface area (Å²) in [6.45, 7) is 1.27. The van der Waals surface area contributed by atoms with Crippen molar-refractivity contribution >= 4 is 11.8 Å². The molecule has 0 aromatic heterocycles. The number of piperidine rings is 1. The number of likely N-dealkylation sites (tertiary alicyclic amines) is 1. The number of unbranched alkanes of at least 4 members (excludes halogenated alkanes) is 1. The monoisotopic (exact) mass is 400 g/mol. The molecule has 2 rings (SSSR count). The van der Waals surface area contributed by atoms with E-state index in [1.807, 2.05) is 6.92 Å². The first-order chi connectivity index (χ1) is 13.3. The molecule has 2 amide bonds. The number of halogens is 3. The van der Waals surface area contributed by atoms with Gasteiger partial charge in [-0.1, -0.05) is 43.7 Å². The molecule has 0 radical (unpaired) electrons. The minimum Gasteiger partial charge on any atom is -0.354 e. The third-order valence-electron chi connectivity index (χ3n) is 4.67. The lowest BCUT2D eigenvalue weighted by Gasteiger charge is -2.34. The third kappa shape index (κ3) is 7.14. The molecule has 156 valence electrons. The van der Waals surface area contributed by atoms with Gasteiger partial charge >= 0.3 is 6.18 Å². The highest BCUT2D eigenvalue weighted by atomic mass is 19.4. The van der Waals surface area contributed by atoms with Gasteiger partial charge in [-0.2, -0.15) is 13.2 Å². The molecule has 1 aliphatic heterocycles. The Hall–Kier alpha value is -2.09. The van der Waals surface area contributed by atoms with E-state index in [1.165, 1.54) is 4.90 Å². The third-order valence-corrected chi connectivity index (χ3v) is 4.67. The number of hydrogen-bond acceptors (Lipinski definition) is 3. The van der Waals surface area contributed by atoms with Crippen molar-refractivity contribution in [1.82, 2.24) is 10.2 Å². The molecule has 1 saturated heterocycles. The van der Waals surface area contributed by atoms with E-state index in [0.717, 1.165) is 12.8 Å². The van der Waals surface area contributed by atoms with Crippen LogP contribution in [0.3, 0.4) is 0 Å². The summed E-state index contributed by atoms with van der Waals surface area (Å²) >= 11 is 0. The summed E-state index contributed by atoms with van der Waals surface area (Å²) in [5, 5.41) is 2.96. The predicted molar refractivity (Wildman–Crippen MR) is 98.5 cm³/mol. The van der Waals surface area contributed by atoms with Crippen LogP contribution in [-0.2, 0) is 14.3 Å². The lowest BCUT2D eigenvalue weighted by Crippen LogP contribution is -2.48. The Morgan fingerprint density at radius 1 is 1.21 bits per heavy atom. The van der Waals surface area contributed by atoms with Gasteiger partial charge in [-0.15, -0.1) is 0 Å². The van der Waals surface area contributed by atoms with Gasteiger partial charge in [0, 0.05) is 25.6 Å². The van der Waals surface area contributed by atoms with Gasteiger partial charge in [-0.25, -0.2) is 0 Å². The molecule has 0 saturated carbocycles. The van der Waals surface area contributed by atoms with Crippen molar-refractivity contribution in [1.29, 1.82) is 0 Å². The highest BCUT2D eigenvalue weighted by molar-refractivity contribution is 5.82. The minimum absolute atomic E-state index is 0.00213. The number of rotatable bonds is 8. The maximum atomic E-state index is 12.8. The topological polar surface area (TPSA) is 58.6 Å². The largest absolute Gasteiger partial charge is 0.411 e. The molecular formula is C20H27F3N2O3. The van der Waals surface area contributed by atoms with Crippen LogP contribution in [0, 0.1) is 0 Å². The fourth-order valence-corrected chi connectivity index (χ4v) is 3.16. The van der Waals surface area contributed by atoms with Crippen molar-refractivity contribution in [2.24, 2.45) is 0 Å². The summed E-state index contributed by atoms with van der Waals surface area (Å²) in [6.07, 6.45) is -2.40. The molecule has 1 aliphatic rings. The summed E-state index contributed by atoms with van der Waals surface area (Å²) in [4.78, 5) is 26.2. The summed E-state index contributed by atoms with van der Waals surface area (Å²) in [6, 6.07) is 8.19. The molecular weight excluding hydrogens is 373 g/mol. The number of benzene rings is 1. The maximum absolute atomic E-state index is 12.8. The van der Waals surface area contributed by atoms with Crippen LogP contribution in [0.25, 0.3) is 0 Å². The normalized spacial score (nSPS) is 16.6. The number of alkyl halides is 3. The van der Waals surface area contributed by atoms with Crippen LogP contribution < -0.4 is 5.32 Å². The van der Waals surface area contributed by atoms with Crippen molar-refractivity contribution < 1.29 is 27.5 Å². The Morgan fingerprint density at radius 3 is 2.43 bits per heavy atom. The fraction of sp³-hybridized carbons (Fsp3) is 0.600. The van der Waals surface area contributed by atoms with E-state index in [2.05, 4.69) is 5.32 Å². The quantitative estimate of drug-likeness (QED) is 0.725. The van der Waals surface area contributed by atoms with Gasteiger partial charge in [0.2, 0.25) is 5.91 Å². The molecule has 5 nitrogen and oxygen atoms in total. The lowest BCUT2D eigenvalue weighted by molar-refractivity contribution is -0.191. The molecule has 1 aromatic rings. The van der Waals surface area contributed by atoms with E-state index in [9.17, 15) is 22.8 Å². The number of amides is 2. The zero-order chi connectivity index (χ0) is 20.6. The van der Waals surface area contributed by atoms with Crippen LogP contribution in [0.1, 0.15) is 50.7 Å². The summed E-state index contributed by atoms with van der Waals surface area (Å²) in [5.41, 5.74) is 0.395. The van der Waals surface area contributed by atoms with E-state index in [4.69, 9.17) is 4.74 Å². The Balaban J connectivity index is 1.95. The molecule has 0 aliphatic carbocycles. The predicted octanol–water partition coefficient (Wildman–Crippen LogP) is 3.60. The van der Waals surface area contributed by atoms with E-state index >= 15 is 0 Å².